The number of benzene rings is 1. The molecule has 118 valence electrons. The molecule has 0 bridgehead atoms. The highest BCUT2D eigenvalue weighted by Crippen LogP contribution is 2.27. The number of methoxy groups -OCH3 is 2. The molecule has 1 amide bonds. The fourth-order valence-electron chi connectivity index (χ4n) is 1.98. The number of aryl methyl sites for hydroxylation is 1. The minimum absolute atomic E-state index is 0.153. The summed E-state index contributed by atoms with van der Waals surface area (Å²) in [7, 11) is 3.09. The minimum Gasteiger partial charge on any atom is -0.493 e. The first-order valence-corrected chi connectivity index (χ1v) is 7.20. The maximum atomic E-state index is 12.1. The lowest BCUT2D eigenvalue weighted by molar-refractivity contribution is 0.0952. The standard InChI is InChI=1S/C15H18ClN3O3/c1-21-13-5-4-11(8-14(13)22-2)15(20)17-6-3-7-19-10-12(16)9-18-19/h4-5,8-10H,3,6-7H2,1-2H3,(H,17,20). The van der Waals surface area contributed by atoms with Crippen LogP contribution < -0.4 is 14.8 Å². The van der Waals surface area contributed by atoms with Crippen molar-refractivity contribution in [2.24, 2.45) is 0 Å². The van der Waals surface area contributed by atoms with Crippen LogP contribution in [0, 0.1) is 0 Å². The zero-order valence-electron chi connectivity index (χ0n) is 12.5. The largest absolute Gasteiger partial charge is 0.493 e. The number of halogens is 1. The Morgan fingerprint density at radius 2 is 2.09 bits per heavy atom. The summed E-state index contributed by atoms with van der Waals surface area (Å²) in [4.78, 5) is 12.1. The molecule has 0 atom stereocenters. The van der Waals surface area contributed by atoms with E-state index in [9.17, 15) is 4.79 Å². The molecule has 0 fully saturated rings. The average molecular weight is 324 g/mol. The van der Waals surface area contributed by atoms with E-state index < -0.39 is 0 Å². The molecule has 6 nitrogen and oxygen atoms in total. The van der Waals surface area contributed by atoms with Gasteiger partial charge in [0.25, 0.3) is 5.91 Å². The highest BCUT2D eigenvalue weighted by atomic mass is 35.5. The highest BCUT2D eigenvalue weighted by molar-refractivity contribution is 6.30. The molecule has 0 radical (unpaired) electrons. The van der Waals surface area contributed by atoms with Gasteiger partial charge >= 0.3 is 0 Å². The molecule has 0 aliphatic carbocycles. The maximum absolute atomic E-state index is 12.1. The van der Waals surface area contributed by atoms with Gasteiger partial charge in [-0.05, 0) is 24.6 Å². The van der Waals surface area contributed by atoms with Gasteiger partial charge in [0.15, 0.2) is 11.5 Å². The number of carbonyl (C=O) groups excluding carboxylic acids is 1. The molecule has 22 heavy (non-hydrogen) atoms. The van der Waals surface area contributed by atoms with Gasteiger partial charge in [0.1, 0.15) is 0 Å². The van der Waals surface area contributed by atoms with Crippen LogP contribution in [0.1, 0.15) is 16.8 Å². The van der Waals surface area contributed by atoms with Gasteiger partial charge in [-0.2, -0.15) is 5.10 Å². The van der Waals surface area contributed by atoms with Crippen molar-refractivity contribution < 1.29 is 14.3 Å². The lowest BCUT2D eigenvalue weighted by Gasteiger charge is -2.10. The smallest absolute Gasteiger partial charge is 0.251 e. The lowest BCUT2D eigenvalue weighted by atomic mass is 10.2. The van der Waals surface area contributed by atoms with Gasteiger partial charge < -0.3 is 14.8 Å². The van der Waals surface area contributed by atoms with E-state index in [1.54, 1.807) is 42.4 Å². The Bertz CT molecular complexity index is 643. The number of nitrogens with one attached hydrogen (secondary N) is 1. The third-order valence-electron chi connectivity index (χ3n) is 3.10. The second-order valence-electron chi connectivity index (χ2n) is 4.60. The summed E-state index contributed by atoms with van der Waals surface area (Å²) < 4.78 is 12.1. The van der Waals surface area contributed by atoms with E-state index in [4.69, 9.17) is 21.1 Å². The van der Waals surface area contributed by atoms with Gasteiger partial charge in [-0.15, -0.1) is 0 Å². The Kier molecular flexibility index (Phi) is 5.66. The topological polar surface area (TPSA) is 65.4 Å². The van der Waals surface area contributed by atoms with Crippen molar-refractivity contribution in [2.45, 2.75) is 13.0 Å². The van der Waals surface area contributed by atoms with Crippen LogP contribution in [0.25, 0.3) is 0 Å². The van der Waals surface area contributed by atoms with E-state index in [1.807, 2.05) is 0 Å². The Labute approximate surface area is 134 Å². The van der Waals surface area contributed by atoms with E-state index in [2.05, 4.69) is 10.4 Å². The van der Waals surface area contributed by atoms with Crippen LogP contribution in [0.2, 0.25) is 5.02 Å². The summed E-state index contributed by atoms with van der Waals surface area (Å²) >= 11 is 5.78. The van der Waals surface area contributed by atoms with Crippen LogP contribution in [-0.4, -0.2) is 36.5 Å². The van der Waals surface area contributed by atoms with Crippen molar-refractivity contribution in [1.29, 1.82) is 0 Å². The number of rotatable bonds is 7. The molecular weight excluding hydrogens is 306 g/mol. The van der Waals surface area contributed by atoms with E-state index in [0.29, 0.717) is 35.2 Å². The fraction of sp³-hybridized carbons (Fsp3) is 0.333. The number of hydrogen-bond acceptors (Lipinski definition) is 4. The molecule has 0 unspecified atom stereocenters. The first-order chi connectivity index (χ1) is 10.6. The first kappa shape index (κ1) is 16.2. The summed E-state index contributed by atoms with van der Waals surface area (Å²) in [6.45, 7) is 1.24. The van der Waals surface area contributed by atoms with Crippen LogP contribution in [0.4, 0.5) is 0 Å². The molecule has 7 heteroatoms. The first-order valence-electron chi connectivity index (χ1n) is 6.82. The number of nitrogens with zero attached hydrogens (tertiary/aromatic N) is 2. The quantitative estimate of drug-likeness (QED) is 0.794. The molecule has 1 aromatic heterocycles. The van der Waals surface area contributed by atoms with Crippen LogP contribution in [0.15, 0.2) is 30.6 Å². The molecule has 0 aliphatic heterocycles. The number of hydrogen-bond donors (Lipinski definition) is 1. The molecule has 1 N–H and O–H groups in total. The van der Waals surface area contributed by atoms with Gasteiger partial charge in [-0.3, -0.25) is 9.48 Å². The summed E-state index contributed by atoms with van der Waals surface area (Å²) in [6, 6.07) is 5.06. The Morgan fingerprint density at radius 3 is 2.73 bits per heavy atom. The van der Waals surface area contributed by atoms with Gasteiger partial charge in [0, 0.05) is 24.8 Å². The normalized spacial score (nSPS) is 10.3. The van der Waals surface area contributed by atoms with Crippen LogP contribution in [-0.2, 0) is 6.54 Å². The third-order valence-corrected chi connectivity index (χ3v) is 3.29. The van der Waals surface area contributed by atoms with E-state index >= 15 is 0 Å². The highest BCUT2D eigenvalue weighted by Gasteiger charge is 2.10. The van der Waals surface area contributed by atoms with E-state index in [0.717, 1.165) is 6.42 Å². The number of ether oxygens (including phenoxy) is 2. The molecule has 0 spiro atoms. The van der Waals surface area contributed by atoms with Gasteiger partial charge in [-0.1, -0.05) is 11.6 Å². The lowest BCUT2D eigenvalue weighted by Crippen LogP contribution is -2.25. The van der Waals surface area contributed by atoms with E-state index in [-0.39, 0.29) is 5.91 Å². The Morgan fingerprint density at radius 1 is 1.32 bits per heavy atom. The monoisotopic (exact) mass is 323 g/mol. The minimum atomic E-state index is -0.153. The summed E-state index contributed by atoms with van der Waals surface area (Å²) in [5.74, 6) is 0.968. The molecule has 1 aromatic carbocycles. The zero-order valence-corrected chi connectivity index (χ0v) is 13.3. The van der Waals surface area contributed by atoms with Gasteiger partial charge in [-0.25, -0.2) is 0 Å². The third kappa shape index (κ3) is 4.14. The SMILES string of the molecule is COc1ccc(C(=O)NCCCn2cc(Cl)cn2)cc1OC. The van der Waals surface area contributed by atoms with Crippen LogP contribution in [0.5, 0.6) is 11.5 Å². The van der Waals surface area contributed by atoms with E-state index in [1.165, 1.54) is 7.11 Å². The van der Waals surface area contributed by atoms with Crippen LogP contribution >= 0.6 is 11.6 Å². The second-order valence-corrected chi connectivity index (χ2v) is 5.04. The number of amides is 1. The Balaban J connectivity index is 1.84. The molecule has 0 aliphatic rings. The number of aromatic nitrogens is 2. The second kappa shape index (κ2) is 7.70. The van der Waals surface area contributed by atoms with Crippen molar-refractivity contribution in [2.75, 3.05) is 20.8 Å². The molecule has 0 saturated carbocycles. The predicted octanol–water partition coefficient (Wildman–Crippen LogP) is 2.37. The van der Waals surface area contributed by atoms with Crippen molar-refractivity contribution in [1.82, 2.24) is 15.1 Å². The Hall–Kier alpha value is -2.21. The van der Waals surface area contributed by atoms with Crippen molar-refractivity contribution in [3.8, 4) is 11.5 Å². The summed E-state index contributed by atoms with van der Waals surface area (Å²) in [5, 5.41) is 7.54. The molecule has 2 aromatic rings. The van der Waals surface area contributed by atoms with Crippen molar-refractivity contribution >= 4 is 17.5 Å². The fourth-order valence-corrected chi connectivity index (χ4v) is 2.14. The molecule has 2 rings (SSSR count). The zero-order chi connectivity index (χ0) is 15.9. The molecule has 1 heterocycles. The summed E-state index contributed by atoms with van der Waals surface area (Å²) in [6.07, 6.45) is 4.10. The maximum Gasteiger partial charge on any atom is 0.251 e. The molecule has 0 saturated heterocycles. The average Bonchev–Trinajstić information content (AvgIpc) is 2.96. The van der Waals surface area contributed by atoms with Crippen LogP contribution in [0.3, 0.4) is 0 Å². The van der Waals surface area contributed by atoms with Crippen molar-refractivity contribution in [3.63, 3.8) is 0 Å². The van der Waals surface area contributed by atoms with Gasteiger partial charge in [0.2, 0.25) is 0 Å². The predicted molar refractivity (Wildman–Crippen MR) is 83.7 cm³/mol. The summed E-state index contributed by atoms with van der Waals surface area (Å²) in [5.41, 5.74) is 0.528. The molecular formula is C15H18ClN3O3. The van der Waals surface area contributed by atoms with Crippen molar-refractivity contribution in [3.05, 3.63) is 41.2 Å². The van der Waals surface area contributed by atoms with Gasteiger partial charge in [0.05, 0.1) is 25.4 Å². The number of carbonyl (C=O) groups is 1.